The number of nitrogens with one attached hydrogen (secondary N) is 1. The Kier molecular flexibility index (Phi) is 6.96. The quantitative estimate of drug-likeness (QED) is 0.286. The highest BCUT2D eigenvalue weighted by molar-refractivity contribution is 6.07. The van der Waals surface area contributed by atoms with Gasteiger partial charge in [0.1, 0.15) is 6.61 Å². The van der Waals surface area contributed by atoms with Crippen LogP contribution in [0.15, 0.2) is 65.7 Å². The van der Waals surface area contributed by atoms with Gasteiger partial charge in [0.2, 0.25) is 0 Å². The average Bonchev–Trinajstić information content (AvgIpc) is 3.36. The molecule has 1 fully saturated rings. The number of benzene rings is 3. The highest BCUT2D eigenvalue weighted by atomic mass is 16.5. The van der Waals surface area contributed by atoms with Gasteiger partial charge in [-0.2, -0.15) is 0 Å². The molecule has 0 bridgehead atoms. The minimum Gasteiger partial charge on any atom is -0.493 e. The summed E-state index contributed by atoms with van der Waals surface area (Å²) in [6, 6.07) is 18.9. The lowest BCUT2D eigenvalue weighted by Crippen LogP contribution is -2.35. The van der Waals surface area contributed by atoms with Gasteiger partial charge in [0.15, 0.2) is 11.5 Å². The summed E-state index contributed by atoms with van der Waals surface area (Å²) in [5, 5.41) is 4.86. The van der Waals surface area contributed by atoms with Gasteiger partial charge in [-0.3, -0.25) is 14.6 Å². The number of ether oxygens (including phenoxy) is 2. The largest absolute Gasteiger partial charge is 0.493 e. The van der Waals surface area contributed by atoms with Crippen molar-refractivity contribution in [1.29, 1.82) is 0 Å². The second-order valence-electron chi connectivity index (χ2n) is 9.17. The Morgan fingerprint density at radius 3 is 2.79 bits per heavy atom. The lowest BCUT2D eigenvalue weighted by Gasteiger charge is -2.20. The average molecular weight is 511 g/mol. The molecule has 3 aromatic carbocycles. The molecule has 2 amide bonds. The lowest BCUT2D eigenvalue weighted by molar-refractivity contribution is 0.0774. The molecule has 4 aromatic rings. The highest BCUT2D eigenvalue weighted by Crippen LogP contribution is 2.38. The Morgan fingerprint density at radius 2 is 1.92 bits per heavy atom. The molecule has 1 N–H and O–H groups in total. The topological polar surface area (TPSA) is 93.1 Å². The normalized spacial score (nSPS) is 16.0. The molecule has 2 aliphatic heterocycles. The number of aromatic nitrogens is 1. The van der Waals surface area contributed by atoms with E-state index in [1.54, 1.807) is 18.2 Å². The number of para-hydroxylation sites is 2. The summed E-state index contributed by atoms with van der Waals surface area (Å²) in [5.74, 6) is 0.669. The minimum atomic E-state index is -0.221. The third-order valence-electron chi connectivity index (χ3n) is 6.90. The van der Waals surface area contributed by atoms with Crippen LogP contribution < -0.4 is 14.8 Å². The first kappa shape index (κ1) is 25.2. The SMILES string of the molecule is C.COc1cc2c(cc1OCCNC(=O)c1cccc3cc4ccccc4nc13)N=C[C@@H]1CCCN1C2=O. The number of pyridine rings is 1. The van der Waals surface area contributed by atoms with E-state index in [9.17, 15) is 9.59 Å². The Hall–Kier alpha value is -4.46. The summed E-state index contributed by atoms with van der Waals surface area (Å²) in [4.78, 5) is 37.2. The van der Waals surface area contributed by atoms with Gasteiger partial charge in [-0.1, -0.05) is 37.8 Å². The fourth-order valence-electron chi connectivity index (χ4n) is 5.03. The van der Waals surface area contributed by atoms with Gasteiger partial charge in [0.05, 0.1) is 47.5 Å². The number of rotatable bonds is 6. The van der Waals surface area contributed by atoms with Crippen LogP contribution in [0.4, 0.5) is 5.69 Å². The van der Waals surface area contributed by atoms with E-state index in [1.165, 1.54) is 7.11 Å². The number of nitrogens with zero attached hydrogens (tertiary/aromatic N) is 3. The number of hydrogen-bond donors (Lipinski definition) is 1. The van der Waals surface area contributed by atoms with Crippen molar-refractivity contribution < 1.29 is 19.1 Å². The first-order valence-corrected chi connectivity index (χ1v) is 12.4. The van der Waals surface area contributed by atoms with E-state index in [0.29, 0.717) is 33.8 Å². The molecule has 194 valence electrons. The minimum absolute atomic E-state index is 0. The zero-order valence-corrected chi connectivity index (χ0v) is 20.4. The van der Waals surface area contributed by atoms with Crippen molar-refractivity contribution in [1.82, 2.24) is 15.2 Å². The Bertz CT molecular complexity index is 1570. The number of aliphatic imine (C=N–C) groups is 1. The van der Waals surface area contributed by atoms with Crippen LogP contribution in [0.2, 0.25) is 0 Å². The number of hydrogen-bond acceptors (Lipinski definition) is 6. The number of carbonyl (C=O) groups excluding carboxylic acids is 2. The summed E-state index contributed by atoms with van der Waals surface area (Å²) < 4.78 is 11.4. The van der Waals surface area contributed by atoms with Crippen molar-refractivity contribution in [3.8, 4) is 11.5 Å². The van der Waals surface area contributed by atoms with Gasteiger partial charge in [-0.25, -0.2) is 4.98 Å². The molecular formula is C30H30N4O4. The molecule has 1 saturated heterocycles. The molecule has 1 atom stereocenters. The summed E-state index contributed by atoms with van der Waals surface area (Å²) >= 11 is 0. The van der Waals surface area contributed by atoms with Gasteiger partial charge in [0.25, 0.3) is 11.8 Å². The molecule has 0 saturated carbocycles. The van der Waals surface area contributed by atoms with E-state index < -0.39 is 0 Å². The predicted molar refractivity (Wildman–Crippen MR) is 149 cm³/mol. The molecule has 0 aliphatic carbocycles. The molecule has 0 spiro atoms. The van der Waals surface area contributed by atoms with Crippen molar-refractivity contribution in [2.24, 2.45) is 4.99 Å². The van der Waals surface area contributed by atoms with Crippen LogP contribution >= 0.6 is 0 Å². The highest BCUT2D eigenvalue weighted by Gasteiger charge is 2.32. The zero-order chi connectivity index (χ0) is 25.4. The van der Waals surface area contributed by atoms with Crippen molar-refractivity contribution in [3.63, 3.8) is 0 Å². The smallest absolute Gasteiger partial charge is 0.256 e. The zero-order valence-electron chi connectivity index (χ0n) is 20.4. The van der Waals surface area contributed by atoms with Crippen molar-refractivity contribution >= 4 is 45.5 Å². The fourth-order valence-corrected chi connectivity index (χ4v) is 5.03. The molecule has 3 heterocycles. The maximum Gasteiger partial charge on any atom is 0.256 e. The molecular weight excluding hydrogens is 480 g/mol. The van der Waals surface area contributed by atoms with Crippen LogP contribution in [0.25, 0.3) is 21.8 Å². The molecule has 0 unspecified atom stereocenters. The third-order valence-corrected chi connectivity index (χ3v) is 6.90. The van der Waals surface area contributed by atoms with Crippen LogP contribution in [0.5, 0.6) is 11.5 Å². The van der Waals surface area contributed by atoms with Crippen LogP contribution in [0, 0.1) is 0 Å². The first-order chi connectivity index (χ1) is 18.1. The molecule has 0 radical (unpaired) electrons. The second kappa shape index (κ2) is 10.5. The van der Waals surface area contributed by atoms with Gasteiger partial charge in [0, 0.05) is 29.6 Å². The molecule has 6 rings (SSSR count). The number of amides is 2. The molecule has 2 aliphatic rings. The summed E-state index contributed by atoms with van der Waals surface area (Å²) in [6.07, 6.45) is 3.74. The van der Waals surface area contributed by atoms with Gasteiger partial charge < -0.3 is 19.7 Å². The summed E-state index contributed by atoms with van der Waals surface area (Å²) in [6.45, 7) is 1.23. The van der Waals surface area contributed by atoms with Crippen LogP contribution in [0.1, 0.15) is 41.0 Å². The van der Waals surface area contributed by atoms with E-state index in [2.05, 4.69) is 10.3 Å². The van der Waals surface area contributed by atoms with Gasteiger partial charge >= 0.3 is 0 Å². The molecule has 1 aromatic heterocycles. The summed E-state index contributed by atoms with van der Waals surface area (Å²) in [7, 11) is 1.54. The van der Waals surface area contributed by atoms with Crippen molar-refractivity contribution in [3.05, 3.63) is 71.8 Å². The maximum absolute atomic E-state index is 13.0. The van der Waals surface area contributed by atoms with E-state index in [0.717, 1.165) is 35.7 Å². The first-order valence-electron chi connectivity index (χ1n) is 12.4. The fraction of sp³-hybridized carbons (Fsp3) is 0.267. The maximum atomic E-state index is 13.0. The predicted octanol–water partition coefficient (Wildman–Crippen LogP) is 5.16. The number of methoxy groups -OCH3 is 1. The Labute approximate surface area is 221 Å². The lowest BCUT2D eigenvalue weighted by atomic mass is 10.1. The van der Waals surface area contributed by atoms with E-state index in [1.807, 2.05) is 53.6 Å². The van der Waals surface area contributed by atoms with Gasteiger partial charge in [-0.15, -0.1) is 0 Å². The monoisotopic (exact) mass is 510 g/mol. The van der Waals surface area contributed by atoms with Crippen molar-refractivity contribution in [2.45, 2.75) is 26.3 Å². The number of carbonyl (C=O) groups is 2. The van der Waals surface area contributed by atoms with E-state index in [4.69, 9.17) is 14.5 Å². The molecule has 38 heavy (non-hydrogen) atoms. The van der Waals surface area contributed by atoms with Crippen LogP contribution in [-0.2, 0) is 0 Å². The Balaban J connectivity index is 0.00000294. The third kappa shape index (κ3) is 4.53. The number of fused-ring (bicyclic) bond motifs is 4. The van der Waals surface area contributed by atoms with E-state index >= 15 is 0 Å². The van der Waals surface area contributed by atoms with Crippen LogP contribution in [0.3, 0.4) is 0 Å². The van der Waals surface area contributed by atoms with E-state index in [-0.39, 0.29) is 38.4 Å². The molecule has 8 heteroatoms. The Morgan fingerprint density at radius 1 is 1.08 bits per heavy atom. The van der Waals surface area contributed by atoms with Gasteiger partial charge in [-0.05, 0) is 37.1 Å². The second-order valence-corrected chi connectivity index (χ2v) is 9.17. The summed E-state index contributed by atoms with van der Waals surface area (Å²) in [5.41, 5.74) is 3.09. The van der Waals surface area contributed by atoms with Crippen LogP contribution in [-0.4, -0.2) is 60.8 Å². The molecule has 8 nitrogen and oxygen atoms in total. The standard InChI is InChI=1S/C29H26N4O4.CH4/c1-36-25-15-22-24(31-17-20-8-5-12-33(20)29(22)35)16-26(25)37-13-11-30-28(34)21-9-4-7-19-14-18-6-2-3-10-23(18)32-27(19)21;/h2-4,6-7,9-10,14-17,20H,5,8,11-13H2,1H3,(H,30,34);1H4/t20-;/m0./s1. The van der Waals surface area contributed by atoms with Crippen molar-refractivity contribution in [2.75, 3.05) is 26.8 Å².